The summed E-state index contributed by atoms with van der Waals surface area (Å²) in [6, 6.07) is 11.7. The van der Waals surface area contributed by atoms with E-state index >= 15 is 0 Å². The van der Waals surface area contributed by atoms with Gasteiger partial charge < -0.3 is 14.0 Å². The maximum atomic E-state index is 13.5. The second kappa shape index (κ2) is 8.70. The summed E-state index contributed by atoms with van der Waals surface area (Å²) in [4.78, 5) is 44.1. The molecule has 3 aromatic rings. The molecule has 34 heavy (non-hydrogen) atoms. The largest absolute Gasteiger partial charge is 0.457 e. The number of benzene rings is 1. The molecule has 4 heterocycles. The number of cyclic esters (lactones) is 1. The number of fused-ring (bicyclic) bond motifs is 5. The molecule has 1 atom stereocenters. The van der Waals surface area contributed by atoms with Gasteiger partial charge in [-0.1, -0.05) is 51.3 Å². The van der Waals surface area contributed by atoms with Crippen molar-refractivity contribution in [2.24, 2.45) is 0 Å². The third-order valence-electron chi connectivity index (χ3n) is 6.91. The highest BCUT2D eigenvalue weighted by atomic mass is 16.6. The second-order valence-electron chi connectivity index (χ2n) is 9.04. The first-order valence-electron chi connectivity index (χ1n) is 12.0. The predicted molar refractivity (Wildman–Crippen MR) is 127 cm³/mol. The molecule has 0 saturated heterocycles. The Morgan fingerprint density at radius 2 is 1.97 bits per heavy atom. The van der Waals surface area contributed by atoms with E-state index in [1.807, 2.05) is 30.3 Å². The maximum absolute atomic E-state index is 13.5. The van der Waals surface area contributed by atoms with Gasteiger partial charge in [0.1, 0.15) is 6.61 Å². The van der Waals surface area contributed by atoms with E-state index in [2.05, 4.69) is 6.92 Å². The lowest BCUT2D eigenvalue weighted by Gasteiger charge is -2.35. The summed E-state index contributed by atoms with van der Waals surface area (Å²) >= 11 is 0. The molecule has 0 fully saturated rings. The summed E-state index contributed by atoms with van der Waals surface area (Å²) in [5.41, 5.74) is 2.06. The Balaban J connectivity index is 1.59. The molecule has 7 nitrogen and oxygen atoms in total. The van der Waals surface area contributed by atoms with Gasteiger partial charge in [-0.15, -0.1) is 0 Å². The first kappa shape index (κ1) is 22.3. The molecule has 7 heteroatoms. The standard InChI is InChI=1S/C27H28N2O5/c1-3-5-6-7-12-23(30)34-27(4-2)20-14-22-24-18(13-17-10-8-9-11-21(17)28-24)15-29(22)25(31)19(20)16-33-26(27)32/h8-11,13-14H,3-7,12,15-16H2,1-2H3. The van der Waals surface area contributed by atoms with Gasteiger partial charge >= 0.3 is 11.9 Å². The molecule has 0 N–H and O–H groups in total. The number of nitrogens with zero attached hydrogens (tertiary/aromatic N) is 2. The number of ether oxygens (including phenoxy) is 2. The molecule has 176 valence electrons. The highest BCUT2D eigenvalue weighted by Gasteiger charge is 2.50. The van der Waals surface area contributed by atoms with Crippen LogP contribution in [0, 0.1) is 0 Å². The molecule has 1 unspecified atom stereocenters. The molecular formula is C27H28N2O5. The molecule has 0 aliphatic carbocycles. The van der Waals surface area contributed by atoms with Gasteiger partial charge in [-0.05, 0) is 31.0 Å². The van der Waals surface area contributed by atoms with Crippen molar-refractivity contribution in [3.63, 3.8) is 0 Å². The number of carbonyl (C=O) groups excluding carboxylic acids is 2. The fourth-order valence-corrected chi connectivity index (χ4v) is 5.02. The van der Waals surface area contributed by atoms with E-state index in [1.54, 1.807) is 17.6 Å². The van der Waals surface area contributed by atoms with Gasteiger partial charge in [0.15, 0.2) is 0 Å². The predicted octanol–water partition coefficient (Wildman–Crippen LogP) is 4.60. The Bertz CT molecular complexity index is 1360. The molecule has 0 spiro atoms. The van der Waals surface area contributed by atoms with Crippen LogP contribution in [-0.2, 0) is 37.8 Å². The Kier molecular flexibility index (Phi) is 5.71. The lowest BCUT2D eigenvalue weighted by atomic mass is 9.85. The van der Waals surface area contributed by atoms with Crippen LogP contribution in [0.4, 0.5) is 0 Å². The topological polar surface area (TPSA) is 87.5 Å². The van der Waals surface area contributed by atoms with Crippen molar-refractivity contribution in [3.8, 4) is 11.4 Å². The smallest absolute Gasteiger partial charge is 0.355 e. The van der Waals surface area contributed by atoms with Crippen molar-refractivity contribution < 1.29 is 19.1 Å². The highest BCUT2D eigenvalue weighted by molar-refractivity contribution is 5.88. The van der Waals surface area contributed by atoms with Crippen molar-refractivity contribution in [2.75, 3.05) is 0 Å². The Morgan fingerprint density at radius 1 is 1.15 bits per heavy atom. The molecule has 0 bridgehead atoms. The van der Waals surface area contributed by atoms with Gasteiger partial charge in [-0.25, -0.2) is 9.78 Å². The van der Waals surface area contributed by atoms with Crippen LogP contribution in [0.2, 0.25) is 0 Å². The zero-order valence-electron chi connectivity index (χ0n) is 19.6. The van der Waals surface area contributed by atoms with Crippen LogP contribution in [0.5, 0.6) is 0 Å². The van der Waals surface area contributed by atoms with E-state index in [0.717, 1.165) is 35.7 Å². The number of pyridine rings is 2. The summed E-state index contributed by atoms with van der Waals surface area (Å²) in [5, 5.41) is 1.00. The molecule has 2 aromatic heterocycles. The van der Waals surface area contributed by atoms with Gasteiger partial charge in [0.05, 0.1) is 29.0 Å². The van der Waals surface area contributed by atoms with Gasteiger partial charge in [-0.2, -0.15) is 0 Å². The summed E-state index contributed by atoms with van der Waals surface area (Å²) in [6.07, 6.45) is 4.14. The van der Waals surface area contributed by atoms with Gasteiger partial charge in [0.25, 0.3) is 5.56 Å². The molecule has 0 saturated carbocycles. The third-order valence-corrected chi connectivity index (χ3v) is 6.91. The molecule has 0 radical (unpaired) electrons. The van der Waals surface area contributed by atoms with Crippen molar-refractivity contribution >= 4 is 22.8 Å². The highest BCUT2D eigenvalue weighted by Crippen LogP contribution is 2.41. The van der Waals surface area contributed by atoms with E-state index < -0.39 is 17.5 Å². The van der Waals surface area contributed by atoms with Crippen LogP contribution in [0.15, 0.2) is 41.2 Å². The number of para-hydroxylation sites is 1. The summed E-state index contributed by atoms with van der Waals surface area (Å²) in [6.45, 7) is 4.14. The van der Waals surface area contributed by atoms with Crippen LogP contribution in [0.25, 0.3) is 22.3 Å². The van der Waals surface area contributed by atoms with Crippen LogP contribution >= 0.6 is 0 Å². The van der Waals surface area contributed by atoms with Crippen LogP contribution < -0.4 is 5.56 Å². The zero-order valence-corrected chi connectivity index (χ0v) is 19.6. The van der Waals surface area contributed by atoms with E-state index in [4.69, 9.17) is 14.5 Å². The fraction of sp³-hybridized carbons (Fsp3) is 0.407. The van der Waals surface area contributed by atoms with Crippen molar-refractivity contribution in [2.45, 2.75) is 71.1 Å². The molecular weight excluding hydrogens is 432 g/mol. The van der Waals surface area contributed by atoms with E-state index in [-0.39, 0.29) is 25.0 Å². The monoisotopic (exact) mass is 460 g/mol. The minimum absolute atomic E-state index is 0.130. The third kappa shape index (κ3) is 3.50. The number of hydrogen-bond acceptors (Lipinski definition) is 6. The van der Waals surface area contributed by atoms with Gasteiger partial charge in [0.2, 0.25) is 5.60 Å². The molecule has 0 amide bonds. The second-order valence-corrected chi connectivity index (χ2v) is 9.04. The normalized spacial score (nSPS) is 18.2. The lowest BCUT2D eigenvalue weighted by Crippen LogP contribution is -2.47. The number of aromatic nitrogens is 2. The number of hydrogen-bond donors (Lipinski definition) is 0. The van der Waals surface area contributed by atoms with Gasteiger partial charge in [0, 0.05) is 22.9 Å². The van der Waals surface area contributed by atoms with Crippen LogP contribution in [-0.4, -0.2) is 21.5 Å². The van der Waals surface area contributed by atoms with E-state index in [1.165, 1.54) is 0 Å². The minimum Gasteiger partial charge on any atom is -0.457 e. The van der Waals surface area contributed by atoms with Crippen molar-refractivity contribution in [1.82, 2.24) is 9.55 Å². The first-order chi connectivity index (χ1) is 16.5. The Hall–Kier alpha value is -3.48. The first-order valence-corrected chi connectivity index (χ1v) is 12.0. The average Bonchev–Trinajstić information content (AvgIpc) is 3.20. The Morgan fingerprint density at radius 3 is 2.76 bits per heavy atom. The van der Waals surface area contributed by atoms with Gasteiger partial charge in [-0.3, -0.25) is 9.59 Å². The summed E-state index contributed by atoms with van der Waals surface area (Å²) < 4.78 is 12.9. The number of unbranched alkanes of at least 4 members (excludes halogenated alkanes) is 3. The molecule has 1 aromatic carbocycles. The minimum atomic E-state index is -1.62. The average molecular weight is 461 g/mol. The zero-order chi connectivity index (χ0) is 23.9. The van der Waals surface area contributed by atoms with Crippen molar-refractivity contribution in [1.29, 1.82) is 0 Å². The molecule has 5 rings (SSSR count). The summed E-state index contributed by atoms with van der Waals surface area (Å²) in [5.74, 6) is -1.08. The van der Waals surface area contributed by atoms with Crippen molar-refractivity contribution in [3.05, 3.63) is 63.4 Å². The quantitative estimate of drug-likeness (QED) is 0.296. The van der Waals surface area contributed by atoms with Crippen LogP contribution in [0.1, 0.15) is 69.1 Å². The van der Waals surface area contributed by atoms with E-state index in [9.17, 15) is 14.4 Å². The number of carbonyl (C=O) groups is 2. The Labute approximate surface area is 197 Å². The number of esters is 2. The number of rotatable bonds is 7. The maximum Gasteiger partial charge on any atom is 0.355 e. The van der Waals surface area contributed by atoms with E-state index in [0.29, 0.717) is 35.5 Å². The van der Waals surface area contributed by atoms with Crippen LogP contribution in [0.3, 0.4) is 0 Å². The lowest BCUT2D eigenvalue weighted by molar-refractivity contribution is -0.189. The molecule has 2 aliphatic rings. The fourth-order valence-electron chi connectivity index (χ4n) is 5.02. The summed E-state index contributed by atoms with van der Waals surface area (Å²) in [7, 11) is 0. The molecule has 2 aliphatic heterocycles. The SMILES string of the molecule is CCCCCCC(=O)OC1(CC)C(=O)OCc2c1cc1n(c2=O)Cc2cc3ccccc3nc2-1.